The highest BCUT2D eigenvalue weighted by Crippen LogP contribution is 2.44. The van der Waals surface area contributed by atoms with E-state index >= 15 is 0 Å². The molecule has 3 aromatic rings. The summed E-state index contributed by atoms with van der Waals surface area (Å²) in [5.74, 6) is -1.57. The first-order valence-electron chi connectivity index (χ1n) is 13.3. The molecule has 2 saturated heterocycles. The molecule has 2 aliphatic rings. The van der Waals surface area contributed by atoms with Gasteiger partial charge in [0.25, 0.3) is 0 Å². The molecule has 1 spiro atoms. The zero-order chi connectivity index (χ0) is 32.0. The average molecular weight is 664 g/mol. The molecule has 0 unspecified atom stereocenters. The first-order valence-corrected chi connectivity index (χ1v) is 14.1. The molecule has 44 heavy (non-hydrogen) atoms. The fourth-order valence-corrected chi connectivity index (χ4v) is 6.09. The molecule has 3 heterocycles. The molecule has 8 nitrogen and oxygen atoms in total. The predicted octanol–water partition coefficient (Wildman–Crippen LogP) is 6.77. The third-order valence-electron chi connectivity index (χ3n) is 7.88. The number of alkyl halides is 6. The van der Waals surface area contributed by atoms with Crippen LogP contribution in [-0.4, -0.2) is 52.9 Å². The van der Waals surface area contributed by atoms with E-state index in [9.17, 15) is 36.2 Å². The van der Waals surface area contributed by atoms with Crippen molar-refractivity contribution in [2.24, 2.45) is 5.41 Å². The molecule has 2 fully saturated rings. The zero-order valence-corrected chi connectivity index (χ0v) is 24.2. The molecule has 236 valence electrons. The van der Waals surface area contributed by atoms with Crippen LogP contribution in [0, 0.1) is 5.41 Å². The van der Waals surface area contributed by atoms with E-state index in [2.05, 4.69) is 15.3 Å². The highest BCUT2D eigenvalue weighted by atomic mass is 35.5. The number of ether oxygens (including phenoxy) is 1. The lowest BCUT2D eigenvalue weighted by Gasteiger charge is -2.39. The maximum atomic E-state index is 14.6. The Hall–Kier alpha value is -3.49. The number of rotatable bonds is 6. The molecular formula is C28H25Cl2F6N5O3. The van der Waals surface area contributed by atoms with E-state index < -0.39 is 47.5 Å². The SMILES string of the molecule is Nc1nc(O[C@H](c2ccc(Cl)cc2-c2cc(Cl)cc(C(F)(F)F)c2)C(F)(F)F)cc(N2CCC3(CC2)CN[C@H](C(=O)O)C3)n1. The van der Waals surface area contributed by atoms with Gasteiger partial charge in [-0.25, -0.2) is 0 Å². The Morgan fingerprint density at radius 1 is 1.05 bits per heavy atom. The van der Waals surface area contributed by atoms with Gasteiger partial charge in [-0.15, -0.1) is 0 Å². The summed E-state index contributed by atoms with van der Waals surface area (Å²) in [4.78, 5) is 21.2. The molecule has 2 aromatic carbocycles. The van der Waals surface area contributed by atoms with Crippen LogP contribution in [0.25, 0.3) is 11.1 Å². The van der Waals surface area contributed by atoms with Crippen LogP contribution in [0.2, 0.25) is 10.0 Å². The fourth-order valence-electron chi connectivity index (χ4n) is 5.68. The number of carboxylic acid groups (broad SMARTS) is 1. The number of hydrogen-bond acceptors (Lipinski definition) is 7. The van der Waals surface area contributed by atoms with Crippen molar-refractivity contribution < 1.29 is 41.0 Å². The normalized spacial score (nSPS) is 19.3. The minimum absolute atomic E-state index is 0.0261. The lowest BCUT2D eigenvalue weighted by atomic mass is 9.76. The van der Waals surface area contributed by atoms with Crippen LogP contribution in [0.4, 0.5) is 38.1 Å². The van der Waals surface area contributed by atoms with E-state index in [1.165, 1.54) is 6.07 Å². The minimum Gasteiger partial charge on any atom is -0.480 e. The van der Waals surface area contributed by atoms with Crippen molar-refractivity contribution in [2.75, 3.05) is 30.3 Å². The van der Waals surface area contributed by atoms with Gasteiger partial charge in [-0.05, 0) is 66.1 Å². The number of carbonyl (C=O) groups is 1. The van der Waals surface area contributed by atoms with E-state index in [0.717, 1.165) is 24.3 Å². The third-order valence-corrected chi connectivity index (χ3v) is 8.34. The largest absolute Gasteiger partial charge is 0.480 e. The number of anilines is 2. The second kappa shape index (κ2) is 11.8. The molecular weight excluding hydrogens is 639 g/mol. The zero-order valence-electron chi connectivity index (χ0n) is 22.6. The number of nitrogens with two attached hydrogens (primary N) is 1. The van der Waals surface area contributed by atoms with Crippen molar-refractivity contribution in [1.29, 1.82) is 0 Å². The van der Waals surface area contributed by atoms with Gasteiger partial charge >= 0.3 is 18.3 Å². The quantitative estimate of drug-likeness (QED) is 0.248. The van der Waals surface area contributed by atoms with E-state index in [-0.39, 0.29) is 38.4 Å². The Morgan fingerprint density at radius 3 is 2.36 bits per heavy atom. The Bertz CT molecular complexity index is 1560. The van der Waals surface area contributed by atoms with Crippen molar-refractivity contribution in [1.82, 2.24) is 15.3 Å². The van der Waals surface area contributed by atoms with Crippen molar-refractivity contribution in [3.8, 4) is 17.0 Å². The van der Waals surface area contributed by atoms with Gasteiger partial charge in [0.1, 0.15) is 11.9 Å². The molecule has 0 bridgehead atoms. The number of halogens is 8. The van der Waals surface area contributed by atoms with Crippen molar-refractivity contribution in [2.45, 2.75) is 43.8 Å². The van der Waals surface area contributed by atoms with E-state index in [0.29, 0.717) is 51.0 Å². The number of nitrogens with one attached hydrogen (secondary N) is 1. The number of nitrogen functional groups attached to an aromatic ring is 1. The lowest BCUT2D eigenvalue weighted by Crippen LogP contribution is -2.41. The van der Waals surface area contributed by atoms with Crippen LogP contribution in [-0.2, 0) is 11.0 Å². The number of nitrogens with zero attached hydrogens (tertiary/aromatic N) is 3. The van der Waals surface area contributed by atoms with Crippen LogP contribution >= 0.6 is 23.2 Å². The summed E-state index contributed by atoms with van der Waals surface area (Å²) < 4.78 is 89.5. The summed E-state index contributed by atoms with van der Waals surface area (Å²) in [5, 5.41) is 12.0. The van der Waals surface area contributed by atoms with E-state index in [4.69, 9.17) is 33.7 Å². The first kappa shape index (κ1) is 31.9. The summed E-state index contributed by atoms with van der Waals surface area (Å²) in [7, 11) is 0. The lowest BCUT2D eigenvalue weighted by molar-refractivity contribution is -0.198. The summed E-state index contributed by atoms with van der Waals surface area (Å²) in [6, 6.07) is 6.28. The molecule has 0 aliphatic carbocycles. The van der Waals surface area contributed by atoms with Crippen LogP contribution in [0.3, 0.4) is 0 Å². The Labute approximate surface area is 257 Å². The number of aromatic nitrogens is 2. The third kappa shape index (κ3) is 6.92. The highest BCUT2D eigenvalue weighted by Gasteiger charge is 2.46. The van der Waals surface area contributed by atoms with E-state index in [1.54, 1.807) is 4.90 Å². The second-order valence-corrected chi connectivity index (χ2v) is 11.8. The van der Waals surface area contributed by atoms with Gasteiger partial charge in [0, 0.05) is 41.3 Å². The molecule has 4 N–H and O–H groups in total. The summed E-state index contributed by atoms with van der Waals surface area (Å²) in [5.41, 5.74) is 3.41. The summed E-state index contributed by atoms with van der Waals surface area (Å²) in [6.07, 6.45) is -10.9. The molecule has 1 aromatic heterocycles. The van der Waals surface area contributed by atoms with Crippen LogP contribution in [0.1, 0.15) is 36.5 Å². The topological polar surface area (TPSA) is 114 Å². The monoisotopic (exact) mass is 663 g/mol. The van der Waals surface area contributed by atoms with Gasteiger partial charge in [-0.2, -0.15) is 36.3 Å². The van der Waals surface area contributed by atoms with Crippen LogP contribution in [0.5, 0.6) is 5.88 Å². The average Bonchev–Trinajstić information content (AvgIpc) is 3.34. The van der Waals surface area contributed by atoms with Gasteiger partial charge in [0.15, 0.2) is 0 Å². The maximum Gasteiger partial charge on any atom is 0.429 e. The number of piperidine rings is 1. The molecule has 2 atom stereocenters. The summed E-state index contributed by atoms with van der Waals surface area (Å²) >= 11 is 12.0. The van der Waals surface area contributed by atoms with Gasteiger partial charge in [-0.1, -0.05) is 29.3 Å². The molecule has 16 heteroatoms. The van der Waals surface area contributed by atoms with Gasteiger partial charge in [-0.3, -0.25) is 4.79 Å². The van der Waals surface area contributed by atoms with Gasteiger partial charge < -0.3 is 25.8 Å². The molecule has 0 radical (unpaired) electrons. The van der Waals surface area contributed by atoms with Crippen molar-refractivity contribution in [3.63, 3.8) is 0 Å². The predicted molar refractivity (Wildman–Crippen MR) is 151 cm³/mol. The molecule has 0 amide bonds. The number of benzene rings is 2. The Morgan fingerprint density at radius 2 is 1.75 bits per heavy atom. The van der Waals surface area contributed by atoms with Crippen LogP contribution < -0.4 is 20.7 Å². The highest BCUT2D eigenvalue weighted by molar-refractivity contribution is 6.31. The fraction of sp³-hybridized carbons (Fsp3) is 0.393. The summed E-state index contributed by atoms with van der Waals surface area (Å²) in [6.45, 7) is 1.40. The van der Waals surface area contributed by atoms with Gasteiger partial charge in [0.2, 0.25) is 17.9 Å². The second-order valence-electron chi connectivity index (χ2n) is 10.9. The Kier molecular flexibility index (Phi) is 8.55. The minimum atomic E-state index is -5.05. The molecule has 5 rings (SSSR count). The molecule has 0 saturated carbocycles. The van der Waals surface area contributed by atoms with E-state index in [1.807, 2.05) is 0 Å². The number of hydrogen-bond donors (Lipinski definition) is 3. The van der Waals surface area contributed by atoms with Crippen LogP contribution in [0.15, 0.2) is 42.5 Å². The number of carboxylic acids is 1. The van der Waals surface area contributed by atoms with Gasteiger partial charge in [0.05, 0.1) is 5.56 Å². The number of aliphatic carboxylic acids is 1. The molecule has 2 aliphatic heterocycles. The smallest absolute Gasteiger partial charge is 0.429 e. The van der Waals surface area contributed by atoms with Crippen molar-refractivity contribution >= 4 is 40.9 Å². The standard InChI is InChI=1S/C28H25Cl2F6N5O3/c29-16-1-2-18(19(10-16)14-7-15(27(31,32)33)9-17(30)8-14)23(28(34,35)36)44-22-11-21(39-25(37)40-22)41-5-3-26(4-6-41)12-20(24(42)43)38-13-26/h1-2,7-11,20,23,38H,3-6,12-13H2,(H,42,43)(H2,37,39,40)/t20-,23+/m0/s1. The van der Waals surface area contributed by atoms with Crippen molar-refractivity contribution in [3.05, 3.63) is 63.6 Å². The maximum absolute atomic E-state index is 14.6. The Balaban J connectivity index is 1.45. The first-order chi connectivity index (χ1) is 20.5.